The second-order valence-electron chi connectivity index (χ2n) is 24.1. The van der Waals surface area contributed by atoms with Crippen LogP contribution in [0.2, 0.25) is 0 Å². The van der Waals surface area contributed by atoms with E-state index in [1.165, 1.54) is 270 Å². The van der Waals surface area contributed by atoms with Crippen molar-refractivity contribution in [1.82, 2.24) is 0 Å². The number of hydrogen-bond acceptors (Lipinski definition) is 6. The maximum Gasteiger partial charge on any atom is 0.306 e. The van der Waals surface area contributed by atoms with Gasteiger partial charge in [-0.25, -0.2) is 0 Å². The average molecular weight is 1120 g/mol. The highest BCUT2D eigenvalue weighted by Crippen LogP contribution is 2.18. The highest BCUT2D eigenvalue weighted by Gasteiger charge is 2.19. The summed E-state index contributed by atoms with van der Waals surface area (Å²) in [5, 5.41) is 0. The minimum Gasteiger partial charge on any atom is -0.462 e. The SMILES string of the molecule is CCCCCC/C=C\C/C=C\CCCCCCCC(=O)OCC(COC(=O)CCCCCCCCCCCCCCCCC/C=C\CCCCCCCCCC)OC(=O)CCCCCCCCCCC/C=C\CCCCCCCC. The summed E-state index contributed by atoms with van der Waals surface area (Å²) in [6, 6.07) is 0. The van der Waals surface area contributed by atoms with Gasteiger partial charge in [-0.3, -0.25) is 14.4 Å². The Hall–Kier alpha value is -2.63. The van der Waals surface area contributed by atoms with Crippen molar-refractivity contribution in [3.8, 4) is 0 Å². The molecule has 0 aromatic heterocycles. The van der Waals surface area contributed by atoms with E-state index in [9.17, 15) is 14.4 Å². The van der Waals surface area contributed by atoms with Crippen LogP contribution in [0.25, 0.3) is 0 Å². The van der Waals surface area contributed by atoms with Crippen molar-refractivity contribution >= 4 is 17.9 Å². The Balaban J connectivity index is 4.27. The quantitative estimate of drug-likeness (QED) is 0.0261. The molecule has 0 bridgehead atoms. The number of allylic oxidation sites excluding steroid dienone is 8. The van der Waals surface area contributed by atoms with Crippen LogP contribution >= 0.6 is 0 Å². The Labute approximate surface area is 498 Å². The third kappa shape index (κ3) is 66.2. The fraction of sp³-hybridized carbons (Fsp3) is 0.851. The zero-order valence-corrected chi connectivity index (χ0v) is 53.9. The minimum absolute atomic E-state index is 0.0750. The van der Waals surface area contributed by atoms with E-state index in [0.29, 0.717) is 19.3 Å². The molecule has 468 valence electrons. The highest BCUT2D eigenvalue weighted by molar-refractivity contribution is 5.71. The van der Waals surface area contributed by atoms with E-state index in [0.717, 1.165) is 77.0 Å². The molecule has 0 saturated heterocycles. The van der Waals surface area contributed by atoms with E-state index in [4.69, 9.17) is 14.2 Å². The summed E-state index contributed by atoms with van der Waals surface area (Å²) in [7, 11) is 0. The molecule has 0 aromatic rings. The van der Waals surface area contributed by atoms with Crippen LogP contribution < -0.4 is 0 Å². The van der Waals surface area contributed by atoms with Crippen molar-refractivity contribution in [1.29, 1.82) is 0 Å². The largest absolute Gasteiger partial charge is 0.462 e. The Morgan fingerprint density at radius 1 is 0.250 bits per heavy atom. The Bertz CT molecular complexity index is 1380. The number of unbranched alkanes of at least 4 members (excludes halogenated alkanes) is 47. The van der Waals surface area contributed by atoms with Crippen LogP contribution in [0.3, 0.4) is 0 Å². The van der Waals surface area contributed by atoms with E-state index in [2.05, 4.69) is 69.4 Å². The summed E-state index contributed by atoms with van der Waals surface area (Å²) >= 11 is 0. The molecule has 1 unspecified atom stereocenters. The third-order valence-corrected chi connectivity index (χ3v) is 16.0. The molecule has 0 N–H and O–H groups in total. The summed E-state index contributed by atoms with van der Waals surface area (Å²) < 4.78 is 17.0. The van der Waals surface area contributed by atoms with Crippen molar-refractivity contribution < 1.29 is 28.6 Å². The van der Waals surface area contributed by atoms with E-state index in [1.807, 2.05) is 0 Å². The van der Waals surface area contributed by atoms with Gasteiger partial charge < -0.3 is 14.2 Å². The normalized spacial score (nSPS) is 12.3. The van der Waals surface area contributed by atoms with Gasteiger partial charge in [0.25, 0.3) is 0 Å². The molecule has 0 fully saturated rings. The second kappa shape index (κ2) is 68.9. The zero-order chi connectivity index (χ0) is 57.8. The fourth-order valence-electron chi connectivity index (χ4n) is 10.6. The molecule has 0 rings (SSSR count). The molecule has 0 aromatic carbocycles. The van der Waals surface area contributed by atoms with Gasteiger partial charge in [0.15, 0.2) is 6.10 Å². The lowest BCUT2D eigenvalue weighted by Crippen LogP contribution is -2.30. The first-order valence-electron chi connectivity index (χ1n) is 35.6. The monoisotopic (exact) mass is 1120 g/mol. The van der Waals surface area contributed by atoms with Crippen molar-refractivity contribution in [2.45, 2.75) is 393 Å². The molecule has 80 heavy (non-hydrogen) atoms. The third-order valence-electron chi connectivity index (χ3n) is 16.0. The first kappa shape index (κ1) is 77.4. The van der Waals surface area contributed by atoms with Crippen LogP contribution in [0.5, 0.6) is 0 Å². The molecular weight excluding hydrogens is 985 g/mol. The Kier molecular flexibility index (Phi) is 66.6. The van der Waals surface area contributed by atoms with E-state index >= 15 is 0 Å². The summed E-state index contributed by atoms with van der Waals surface area (Å²) in [4.78, 5) is 38.4. The predicted octanol–water partition coefficient (Wildman–Crippen LogP) is 24.5. The van der Waals surface area contributed by atoms with Gasteiger partial charge in [-0.15, -0.1) is 0 Å². The molecular formula is C74H136O6. The molecule has 0 spiro atoms. The maximum atomic E-state index is 12.9. The minimum atomic E-state index is -0.780. The van der Waals surface area contributed by atoms with Gasteiger partial charge >= 0.3 is 17.9 Å². The van der Waals surface area contributed by atoms with Crippen molar-refractivity contribution in [3.63, 3.8) is 0 Å². The molecule has 0 aliphatic carbocycles. The molecule has 1 atom stereocenters. The molecule has 6 heteroatoms. The second-order valence-corrected chi connectivity index (χ2v) is 24.1. The number of hydrogen-bond donors (Lipinski definition) is 0. The van der Waals surface area contributed by atoms with Crippen LogP contribution in [-0.4, -0.2) is 37.2 Å². The smallest absolute Gasteiger partial charge is 0.306 e. The molecule has 0 aliphatic heterocycles. The molecule has 0 amide bonds. The van der Waals surface area contributed by atoms with Crippen molar-refractivity contribution in [3.05, 3.63) is 48.6 Å². The lowest BCUT2D eigenvalue weighted by molar-refractivity contribution is -0.167. The van der Waals surface area contributed by atoms with Gasteiger partial charge in [0.05, 0.1) is 0 Å². The van der Waals surface area contributed by atoms with E-state index < -0.39 is 6.10 Å². The number of carbonyl (C=O) groups is 3. The van der Waals surface area contributed by atoms with Crippen molar-refractivity contribution in [2.75, 3.05) is 13.2 Å². The maximum absolute atomic E-state index is 12.9. The van der Waals surface area contributed by atoms with Gasteiger partial charge in [0.2, 0.25) is 0 Å². The Morgan fingerprint density at radius 2 is 0.450 bits per heavy atom. The number of esters is 3. The van der Waals surface area contributed by atoms with Crippen molar-refractivity contribution in [2.24, 2.45) is 0 Å². The molecule has 0 aliphatic rings. The summed E-state index contributed by atoms with van der Waals surface area (Å²) in [5.74, 6) is -0.866. The number of rotatable bonds is 66. The zero-order valence-electron chi connectivity index (χ0n) is 53.9. The van der Waals surface area contributed by atoms with E-state index in [1.54, 1.807) is 0 Å². The molecule has 0 saturated carbocycles. The van der Waals surface area contributed by atoms with Gasteiger partial charge in [0, 0.05) is 19.3 Å². The van der Waals surface area contributed by atoms with Gasteiger partial charge in [-0.1, -0.05) is 313 Å². The standard InChI is InChI=1S/C74H136O6/c1-4-7-10-13-16-19-22-25-28-31-33-34-35-36-37-38-39-40-42-43-46-49-52-55-58-61-64-67-73(76)79-70-71(69-78-72(75)66-63-60-57-54-51-48-45-30-27-24-21-18-15-12-9-6-3)80-74(77)68-65-62-59-56-53-50-47-44-41-32-29-26-23-20-17-14-11-8-5-2/h21,24,26,29-31,33,45,71H,4-20,22-23,25,27-28,32,34-44,46-70H2,1-3H3/b24-21-,29-26-,33-31-,45-30-. The van der Waals surface area contributed by atoms with Crippen LogP contribution in [0.4, 0.5) is 0 Å². The summed E-state index contributed by atoms with van der Waals surface area (Å²) in [6.45, 7) is 6.67. The summed E-state index contributed by atoms with van der Waals surface area (Å²) in [6.07, 6.45) is 87.1. The molecule has 0 heterocycles. The number of ether oxygens (including phenoxy) is 3. The molecule has 6 nitrogen and oxygen atoms in total. The number of carbonyl (C=O) groups excluding carboxylic acids is 3. The highest BCUT2D eigenvalue weighted by atomic mass is 16.6. The van der Waals surface area contributed by atoms with Crippen LogP contribution in [-0.2, 0) is 28.6 Å². The topological polar surface area (TPSA) is 78.9 Å². The first-order chi connectivity index (χ1) is 39.5. The van der Waals surface area contributed by atoms with Crippen LogP contribution in [0.15, 0.2) is 48.6 Å². The predicted molar refractivity (Wildman–Crippen MR) is 349 cm³/mol. The Morgan fingerprint density at radius 3 is 0.713 bits per heavy atom. The summed E-state index contributed by atoms with van der Waals surface area (Å²) in [5.41, 5.74) is 0. The van der Waals surface area contributed by atoms with Gasteiger partial charge in [-0.2, -0.15) is 0 Å². The molecule has 0 radical (unpaired) electrons. The fourth-order valence-corrected chi connectivity index (χ4v) is 10.6. The van der Waals surface area contributed by atoms with Crippen LogP contribution in [0.1, 0.15) is 387 Å². The average Bonchev–Trinajstić information content (AvgIpc) is 3.46. The lowest BCUT2D eigenvalue weighted by atomic mass is 10.0. The van der Waals surface area contributed by atoms with Crippen LogP contribution in [0, 0.1) is 0 Å². The van der Waals surface area contributed by atoms with Gasteiger partial charge in [0.1, 0.15) is 13.2 Å². The first-order valence-corrected chi connectivity index (χ1v) is 35.6. The van der Waals surface area contributed by atoms with Gasteiger partial charge in [-0.05, 0) is 103 Å². The lowest BCUT2D eigenvalue weighted by Gasteiger charge is -2.18. The van der Waals surface area contributed by atoms with E-state index in [-0.39, 0.29) is 31.1 Å².